The first-order chi connectivity index (χ1) is 9.27. The van der Waals surface area contributed by atoms with E-state index < -0.39 is 0 Å². The van der Waals surface area contributed by atoms with E-state index in [0.717, 1.165) is 19.5 Å². The molecule has 1 atom stereocenters. The number of nitrogens with zero attached hydrogens (tertiary/aromatic N) is 3. The van der Waals surface area contributed by atoms with Crippen LogP contribution in [0.15, 0.2) is 18.7 Å². The largest absolute Gasteiger partial charge is 0.378 e. The number of carbonyl (C=O) groups is 1. The Balaban J connectivity index is 1.63. The lowest BCUT2D eigenvalue weighted by molar-refractivity contribution is -0.137. The summed E-state index contributed by atoms with van der Waals surface area (Å²) in [7, 11) is 0. The predicted molar refractivity (Wildman–Crippen MR) is 71.7 cm³/mol. The van der Waals surface area contributed by atoms with Gasteiger partial charge in [0, 0.05) is 32.0 Å². The molecule has 1 fully saturated rings. The minimum atomic E-state index is -0.124. The number of carbonyl (C=O) groups excluding carboxylic acids is 1. The van der Waals surface area contributed by atoms with E-state index in [1.807, 2.05) is 28.9 Å². The van der Waals surface area contributed by atoms with Crippen molar-refractivity contribution in [2.75, 3.05) is 32.8 Å². The van der Waals surface area contributed by atoms with E-state index in [4.69, 9.17) is 4.74 Å². The normalized spacial score (nSPS) is 17.4. The van der Waals surface area contributed by atoms with Gasteiger partial charge in [-0.05, 0) is 19.9 Å². The van der Waals surface area contributed by atoms with E-state index in [2.05, 4.69) is 10.3 Å². The second-order valence-electron chi connectivity index (χ2n) is 4.77. The van der Waals surface area contributed by atoms with Crippen LogP contribution in [0.25, 0.3) is 0 Å². The quantitative estimate of drug-likeness (QED) is 0.743. The van der Waals surface area contributed by atoms with Crippen LogP contribution >= 0.6 is 0 Å². The topological polar surface area (TPSA) is 59.4 Å². The number of morpholine rings is 1. The summed E-state index contributed by atoms with van der Waals surface area (Å²) in [6, 6.07) is -0.124. The molecule has 1 unspecified atom stereocenters. The van der Waals surface area contributed by atoms with Crippen molar-refractivity contribution in [2.24, 2.45) is 0 Å². The Morgan fingerprint density at radius 2 is 2.26 bits per heavy atom. The average molecular weight is 266 g/mol. The van der Waals surface area contributed by atoms with Gasteiger partial charge < -0.3 is 19.5 Å². The molecule has 1 aromatic heterocycles. The molecule has 1 aliphatic rings. The molecule has 1 N–H and O–H groups in total. The maximum atomic E-state index is 12.1. The van der Waals surface area contributed by atoms with Crippen LogP contribution in [0.3, 0.4) is 0 Å². The molecular weight excluding hydrogens is 244 g/mol. The molecule has 1 amide bonds. The molecule has 6 heteroatoms. The van der Waals surface area contributed by atoms with Crippen molar-refractivity contribution in [3.05, 3.63) is 18.7 Å². The molecule has 1 aromatic rings. The highest BCUT2D eigenvalue weighted by molar-refractivity contribution is 5.81. The molecule has 2 heterocycles. The summed E-state index contributed by atoms with van der Waals surface area (Å²) in [5.74, 6) is 0.172. The third-order valence-corrected chi connectivity index (χ3v) is 3.30. The average Bonchev–Trinajstić information content (AvgIpc) is 2.96. The molecule has 2 rings (SSSR count). The van der Waals surface area contributed by atoms with Crippen LogP contribution in [-0.2, 0) is 16.1 Å². The predicted octanol–water partition coefficient (Wildman–Crippen LogP) is 0.110. The number of nitrogens with one attached hydrogen (secondary N) is 1. The molecule has 0 bridgehead atoms. The SMILES string of the molecule is CC(NCCCn1ccnc1)C(=O)N1CCOCC1. The number of rotatable bonds is 6. The number of amides is 1. The second-order valence-corrected chi connectivity index (χ2v) is 4.77. The summed E-state index contributed by atoms with van der Waals surface area (Å²) in [6.07, 6.45) is 6.51. The molecule has 106 valence electrons. The maximum Gasteiger partial charge on any atom is 0.239 e. The van der Waals surface area contributed by atoms with Crippen LogP contribution in [0, 0.1) is 0 Å². The van der Waals surface area contributed by atoms with Crippen molar-refractivity contribution >= 4 is 5.91 Å². The third kappa shape index (κ3) is 4.33. The zero-order chi connectivity index (χ0) is 13.5. The van der Waals surface area contributed by atoms with Crippen LogP contribution < -0.4 is 5.32 Å². The van der Waals surface area contributed by atoms with Gasteiger partial charge >= 0.3 is 0 Å². The monoisotopic (exact) mass is 266 g/mol. The van der Waals surface area contributed by atoms with Gasteiger partial charge in [0.25, 0.3) is 0 Å². The highest BCUT2D eigenvalue weighted by atomic mass is 16.5. The van der Waals surface area contributed by atoms with Gasteiger partial charge in [-0.2, -0.15) is 0 Å². The first-order valence-corrected chi connectivity index (χ1v) is 6.83. The molecular formula is C13H22N4O2. The lowest BCUT2D eigenvalue weighted by atomic mass is 10.2. The van der Waals surface area contributed by atoms with E-state index >= 15 is 0 Å². The second kappa shape index (κ2) is 7.25. The van der Waals surface area contributed by atoms with E-state index in [0.29, 0.717) is 26.3 Å². The summed E-state index contributed by atoms with van der Waals surface area (Å²) >= 11 is 0. The molecule has 0 spiro atoms. The smallest absolute Gasteiger partial charge is 0.239 e. The number of hydrogen-bond donors (Lipinski definition) is 1. The first kappa shape index (κ1) is 14.0. The molecule has 19 heavy (non-hydrogen) atoms. The van der Waals surface area contributed by atoms with E-state index in [-0.39, 0.29) is 11.9 Å². The minimum absolute atomic E-state index is 0.124. The first-order valence-electron chi connectivity index (χ1n) is 6.83. The standard InChI is InChI=1S/C13H22N4O2/c1-12(13(18)17-7-9-19-10-8-17)15-3-2-5-16-6-4-14-11-16/h4,6,11-12,15H,2-3,5,7-10H2,1H3. The van der Waals surface area contributed by atoms with Crippen molar-refractivity contribution in [1.29, 1.82) is 0 Å². The molecule has 0 radical (unpaired) electrons. The maximum absolute atomic E-state index is 12.1. The summed E-state index contributed by atoms with van der Waals surface area (Å²) in [5, 5.41) is 3.28. The lowest BCUT2D eigenvalue weighted by Gasteiger charge is -2.29. The number of aryl methyl sites for hydroxylation is 1. The summed E-state index contributed by atoms with van der Waals surface area (Å²) in [4.78, 5) is 18.0. The molecule has 1 saturated heterocycles. The fourth-order valence-corrected chi connectivity index (χ4v) is 2.14. The Morgan fingerprint density at radius 3 is 2.95 bits per heavy atom. The lowest BCUT2D eigenvalue weighted by Crippen LogP contribution is -2.49. The zero-order valence-electron chi connectivity index (χ0n) is 11.4. The van der Waals surface area contributed by atoms with Gasteiger partial charge in [-0.1, -0.05) is 0 Å². The number of imidazole rings is 1. The molecule has 1 aliphatic heterocycles. The van der Waals surface area contributed by atoms with Crippen molar-refractivity contribution in [3.8, 4) is 0 Å². The van der Waals surface area contributed by atoms with E-state index in [1.54, 1.807) is 6.20 Å². The number of ether oxygens (including phenoxy) is 1. The summed E-state index contributed by atoms with van der Waals surface area (Å²) < 4.78 is 7.28. The molecule has 6 nitrogen and oxygen atoms in total. The van der Waals surface area contributed by atoms with Crippen molar-refractivity contribution in [1.82, 2.24) is 19.8 Å². The van der Waals surface area contributed by atoms with Gasteiger partial charge in [0.1, 0.15) is 0 Å². The van der Waals surface area contributed by atoms with Crippen LogP contribution in [0.1, 0.15) is 13.3 Å². The van der Waals surface area contributed by atoms with Gasteiger partial charge in [-0.15, -0.1) is 0 Å². The Kier molecular flexibility index (Phi) is 5.35. The van der Waals surface area contributed by atoms with Gasteiger partial charge in [0.05, 0.1) is 25.6 Å². The summed E-state index contributed by atoms with van der Waals surface area (Å²) in [5.41, 5.74) is 0. The van der Waals surface area contributed by atoms with Gasteiger partial charge in [-0.25, -0.2) is 4.98 Å². The van der Waals surface area contributed by atoms with Crippen molar-refractivity contribution in [3.63, 3.8) is 0 Å². The fraction of sp³-hybridized carbons (Fsp3) is 0.692. The molecule has 0 aliphatic carbocycles. The van der Waals surface area contributed by atoms with Gasteiger partial charge in [0.15, 0.2) is 0 Å². The molecule has 0 saturated carbocycles. The fourth-order valence-electron chi connectivity index (χ4n) is 2.14. The molecule has 0 aromatic carbocycles. The highest BCUT2D eigenvalue weighted by Crippen LogP contribution is 2.00. The van der Waals surface area contributed by atoms with Crippen LogP contribution in [0.4, 0.5) is 0 Å². The van der Waals surface area contributed by atoms with E-state index in [9.17, 15) is 4.79 Å². The van der Waals surface area contributed by atoms with Crippen LogP contribution in [0.5, 0.6) is 0 Å². The third-order valence-electron chi connectivity index (χ3n) is 3.30. The Hall–Kier alpha value is -1.40. The van der Waals surface area contributed by atoms with Crippen LogP contribution in [-0.4, -0.2) is 59.2 Å². The highest BCUT2D eigenvalue weighted by Gasteiger charge is 2.21. The Morgan fingerprint density at radius 1 is 1.47 bits per heavy atom. The number of hydrogen-bond acceptors (Lipinski definition) is 4. The minimum Gasteiger partial charge on any atom is -0.378 e. The zero-order valence-corrected chi connectivity index (χ0v) is 11.4. The number of aromatic nitrogens is 2. The van der Waals surface area contributed by atoms with Crippen molar-refractivity contribution < 1.29 is 9.53 Å². The van der Waals surface area contributed by atoms with Gasteiger partial charge in [0.2, 0.25) is 5.91 Å². The van der Waals surface area contributed by atoms with Gasteiger partial charge in [-0.3, -0.25) is 4.79 Å². The summed E-state index contributed by atoms with van der Waals surface area (Å²) in [6.45, 7) is 6.40. The Bertz CT molecular complexity index is 374. The van der Waals surface area contributed by atoms with Crippen LogP contribution in [0.2, 0.25) is 0 Å². The van der Waals surface area contributed by atoms with E-state index in [1.165, 1.54) is 0 Å². The Labute approximate surface area is 113 Å². The van der Waals surface area contributed by atoms with Crippen molar-refractivity contribution in [2.45, 2.75) is 25.9 Å².